The van der Waals surface area contributed by atoms with Crippen LogP contribution in [0, 0.1) is 0 Å². The average Bonchev–Trinajstić information content (AvgIpc) is 2.54. The summed E-state index contributed by atoms with van der Waals surface area (Å²) < 4.78 is 0. The van der Waals surface area contributed by atoms with Gasteiger partial charge < -0.3 is 0 Å². The van der Waals surface area contributed by atoms with Gasteiger partial charge in [-0.1, -0.05) is 104 Å². The van der Waals surface area contributed by atoms with E-state index in [-0.39, 0.29) is 5.41 Å². The zero-order valence-corrected chi connectivity index (χ0v) is 16.3. The van der Waals surface area contributed by atoms with Crippen molar-refractivity contribution in [3.05, 3.63) is 71.3 Å². The molecule has 0 aliphatic rings. The molecule has 0 saturated heterocycles. The Labute approximate surface area is 150 Å². The van der Waals surface area contributed by atoms with Gasteiger partial charge in [0.05, 0.1) is 0 Å². The van der Waals surface area contributed by atoms with Gasteiger partial charge >= 0.3 is 0 Å². The number of hydrogen-bond donors (Lipinski definition) is 0. The Morgan fingerprint density at radius 3 is 2.09 bits per heavy atom. The highest BCUT2D eigenvalue weighted by Crippen LogP contribution is 2.31. The minimum absolute atomic E-state index is 0.234. The first kappa shape index (κ1) is 18.3. The molecule has 2 aromatic carbocycles. The first-order chi connectivity index (χ1) is 11.0. The van der Waals surface area contributed by atoms with Gasteiger partial charge in [0.25, 0.3) is 0 Å². The van der Waals surface area contributed by atoms with Gasteiger partial charge in [-0.05, 0) is 41.4 Å². The highest BCUT2D eigenvalue weighted by Gasteiger charge is 2.14. The summed E-state index contributed by atoms with van der Waals surface area (Å²) >= 11 is 3.86. The Kier molecular flexibility index (Phi) is 6.89. The van der Waals surface area contributed by atoms with E-state index < -0.39 is 0 Å². The van der Waals surface area contributed by atoms with Gasteiger partial charge in [-0.3, -0.25) is 0 Å². The average molecular weight is 373 g/mol. The molecule has 2 rings (SSSR count). The van der Waals surface area contributed by atoms with Crippen LogP contribution in [0.1, 0.15) is 68.0 Å². The Morgan fingerprint density at radius 1 is 0.826 bits per heavy atom. The molecular weight excluding hydrogens is 344 g/mol. The van der Waals surface area contributed by atoms with Crippen molar-refractivity contribution in [2.24, 2.45) is 0 Å². The van der Waals surface area contributed by atoms with E-state index >= 15 is 0 Å². The summed E-state index contributed by atoms with van der Waals surface area (Å²) in [5, 5.41) is 0. The van der Waals surface area contributed by atoms with Gasteiger partial charge in [0.15, 0.2) is 0 Å². The van der Waals surface area contributed by atoms with Gasteiger partial charge in [-0.2, -0.15) is 0 Å². The highest BCUT2D eigenvalue weighted by atomic mass is 79.9. The van der Waals surface area contributed by atoms with E-state index in [1.807, 2.05) is 0 Å². The summed E-state index contributed by atoms with van der Waals surface area (Å²) in [7, 11) is 0. The fraction of sp³-hybridized carbons (Fsp3) is 0.455. The Morgan fingerprint density at radius 2 is 1.48 bits per heavy atom. The molecule has 0 heterocycles. The molecule has 0 aliphatic heterocycles. The standard InChI is InChI=1S/C22H29Br/c1-22(2,3)20-16-14-19(15-17-20)21(23)13-9-5-8-12-18-10-6-4-7-11-18/h4,6-7,10-11,14-17,21H,5,8-9,12-13H2,1-3H3. The van der Waals surface area contributed by atoms with Gasteiger partial charge in [-0.25, -0.2) is 0 Å². The second-order valence-corrected chi connectivity index (χ2v) is 8.53. The van der Waals surface area contributed by atoms with E-state index in [1.54, 1.807) is 0 Å². The fourth-order valence-electron chi connectivity index (χ4n) is 2.83. The maximum atomic E-state index is 3.86. The van der Waals surface area contributed by atoms with Crippen molar-refractivity contribution in [2.75, 3.05) is 0 Å². The molecule has 0 amide bonds. The first-order valence-electron chi connectivity index (χ1n) is 8.75. The highest BCUT2D eigenvalue weighted by molar-refractivity contribution is 9.09. The molecule has 1 heteroatoms. The van der Waals surface area contributed by atoms with Crippen LogP contribution in [-0.2, 0) is 11.8 Å². The van der Waals surface area contributed by atoms with Crippen LogP contribution in [0.3, 0.4) is 0 Å². The van der Waals surface area contributed by atoms with Crippen LogP contribution in [0.5, 0.6) is 0 Å². The van der Waals surface area contributed by atoms with Gasteiger partial charge in [0.2, 0.25) is 0 Å². The molecule has 0 aromatic heterocycles. The fourth-order valence-corrected chi connectivity index (χ4v) is 3.46. The molecule has 0 bridgehead atoms. The van der Waals surface area contributed by atoms with Gasteiger partial charge in [0, 0.05) is 4.83 Å². The molecule has 2 aromatic rings. The van der Waals surface area contributed by atoms with E-state index in [1.165, 1.54) is 48.8 Å². The molecule has 23 heavy (non-hydrogen) atoms. The molecule has 124 valence electrons. The third-order valence-electron chi connectivity index (χ3n) is 4.40. The summed E-state index contributed by atoms with van der Waals surface area (Å²) in [6.45, 7) is 6.79. The molecule has 1 atom stereocenters. The summed E-state index contributed by atoms with van der Waals surface area (Å²) in [5.74, 6) is 0. The van der Waals surface area contributed by atoms with Crippen molar-refractivity contribution < 1.29 is 0 Å². The number of aryl methyl sites for hydroxylation is 1. The van der Waals surface area contributed by atoms with E-state index in [0.717, 1.165) is 0 Å². The lowest BCUT2D eigenvalue weighted by Crippen LogP contribution is -2.10. The summed E-state index contributed by atoms with van der Waals surface area (Å²) in [4.78, 5) is 0.480. The molecule has 0 aliphatic carbocycles. The predicted molar refractivity (Wildman–Crippen MR) is 105 cm³/mol. The number of alkyl halides is 1. The first-order valence-corrected chi connectivity index (χ1v) is 9.67. The molecule has 0 nitrogen and oxygen atoms in total. The second-order valence-electron chi connectivity index (χ2n) is 7.42. The zero-order valence-electron chi connectivity index (χ0n) is 14.7. The second kappa shape index (κ2) is 8.68. The van der Waals surface area contributed by atoms with Crippen molar-refractivity contribution in [2.45, 2.75) is 63.1 Å². The van der Waals surface area contributed by atoms with Crippen LogP contribution in [0.15, 0.2) is 54.6 Å². The summed E-state index contributed by atoms with van der Waals surface area (Å²) in [6.07, 6.45) is 6.28. The van der Waals surface area contributed by atoms with Crippen molar-refractivity contribution in [3.63, 3.8) is 0 Å². The molecule has 0 radical (unpaired) electrons. The minimum atomic E-state index is 0.234. The maximum Gasteiger partial charge on any atom is 0.0395 e. The Bertz CT molecular complexity index is 563. The van der Waals surface area contributed by atoms with Crippen molar-refractivity contribution in [3.8, 4) is 0 Å². The molecule has 0 fully saturated rings. The van der Waals surface area contributed by atoms with Crippen LogP contribution >= 0.6 is 15.9 Å². The van der Waals surface area contributed by atoms with E-state index in [4.69, 9.17) is 0 Å². The van der Waals surface area contributed by atoms with Crippen molar-refractivity contribution >= 4 is 15.9 Å². The molecule has 0 spiro atoms. The van der Waals surface area contributed by atoms with E-state index in [2.05, 4.69) is 91.3 Å². The predicted octanol–water partition coefficient (Wildman–Crippen LogP) is 7.22. The number of unbranched alkanes of at least 4 members (excludes halogenated alkanes) is 2. The molecular formula is C22H29Br. The minimum Gasteiger partial charge on any atom is -0.0839 e. The number of benzene rings is 2. The van der Waals surface area contributed by atoms with Gasteiger partial charge in [0.1, 0.15) is 0 Å². The lowest BCUT2D eigenvalue weighted by atomic mass is 9.86. The maximum absolute atomic E-state index is 3.86. The topological polar surface area (TPSA) is 0 Å². The summed E-state index contributed by atoms with van der Waals surface area (Å²) in [6, 6.07) is 19.9. The number of hydrogen-bond acceptors (Lipinski definition) is 0. The third kappa shape index (κ3) is 6.14. The summed E-state index contributed by atoms with van der Waals surface area (Å²) in [5.41, 5.74) is 4.50. The normalized spacial score (nSPS) is 13.0. The molecule has 0 saturated carbocycles. The van der Waals surface area contributed by atoms with E-state index in [9.17, 15) is 0 Å². The van der Waals surface area contributed by atoms with Crippen LogP contribution in [0.2, 0.25) is 0 Å². The third-order valence-corrected chi connectivity index (χ3v) is 5.39. The smallest absolute Gasteiger partial charge is 0.0395 e. The SMILES string of the molecule is CC(C)(C)c1ccc(C(Br)CCCCCc2ccccc2)cc1. The monoisotopic (exact) mass is 372 g/mol. The quantitative estimate of drug-likeness (QED) is 0.355. The largest absolute Gasteiger partial charge is 0.0839 e. The lowest BCUT2D eigenvalue weighted by molar-refractivity contribution is 0.589. The van der Waals surface area contributed by atoms with Crippen molar-refractivity contribution in [1.82, 2.24) is 0 Å². The van der Waals surface area contributed by atoms with E-state index in [0.29, 0.717) is 4.83 Å². The molecule has 0 N–H and O–H groups in total. The van der Waals surface area contributed by atoms with Crippen LogP contribution in [0.4, 0.5) is 0 Å². The zero-order chi connectivity index (χ0) is 16.7. The number of halogens is 1. The van der Waals surface area contributed by atoms with Crippen LogP contribution < -0.4 is 0 Å². The Balaban J connectivity index is 1.71. The van der Waals surface area contributed by atoms with Crippen LogP contribution in [-0.4, -0.2) is 0 Å². The number of rotatable bonds is 7. The van der Waals surface area contributed by atoms with Crippen LogP contribution in [0.25, 0.3) is 0 Å². The lowest BCUT2D eigenvalue weighted by Gasteiger charge is -2.20. The Hall–Kier alpha value is -1.08. The van der Waals surface area contributed by atoms with Crippen molar-refractivity contribution in [1.29, 1.82) is 0 Å². The molecule has 1 unspecified atom stereocenters. The van der Waals surface area contributed by atoms with Gasteiger partial charge in [-0.15, -0.1) is 0 Å².